The molecule has 3 nitrogen and oxygen atoms in total. The van der Waals surface area contributed by atoms with E-state index in [0.717, 1.165) is 27.6 Å². The van der Waals surface area contributed by atoms with Crippen LogP contribution in [0.3, 0.4) is 0 Å². The van der Waals surface area contributed by atoms with Crippen LogP contribution in [0.1, 0.15) is 17.3 Å². The van der Waals surface area contributed by atoms with Crippen LogP contribution < -0.4 is 4.74 Å². The fraction of sp³-hybridized carbons (Fsp3) is 0.188. The van der Waals surface area contributed by atoms with Crippen LogP contribution in [0.25, 0.3) is 21.8 Å². The number of aromatic nitrogens is 1. The highest BCUT2D eigenvalue weighted by molar-refractivity contribution is 6.13. The third kappa shape index (κ3) is 1.70. The predicted octanol–water partition coefficient (Wildman–Crippen LogP) is 3.77. The maximum atomic E-state index is 11.9. The smallest absolute Gasteiger partial charge is 0.228 e. The SMILES string of the molecule is COc1ccc2c3cc(C)ccc3n(C(C)=O)c2c1. The van der Waals surface area contributed by atoms with Crippen LogP contribution >= 0.6 is 0 Å². The number of aryl methyl sites for hydroxylation is 1. The van der Waals surface area contributed by atoms with E-state index < -0.39 is 0 Å². The number of fused-ring (bicyclic) bond motifs is 3. The maximum Gasteiger partial charge on any atom is 0.228 e. The Balaban J connectivity index is 2.53. The molecule has 0 N–H and O–H groups in total. The molecule has 0 aliphatic heterocycles. The highest BCUT2D eigenvalue weighted by Gasteiger charge is 2.13. The summed E-state index contributed by atoms with van der Waals surface area (Å²) < 4.78 is 6.99. The Morgan fingerprint density at radius 3 is 2.53 bits per heavy atom. The van der Waals surface area contributed by atoms with Gasteiger partial charge >= 0.3 is 0 Å². The topological polar surface area (TPSA) is 31.2 Å². The number of carbonyl (C=O) groups excluding carboxylic acids is 1. The van der Waals surface area contributed by atoms with Gasteiger partial charge in [-0.25, -0.2) is 0 Å². The van der Waals surface area contributed by atoms with Crippen molar-refractivity contribution >= 4 is 27.7 Å². The fourth-order valence-electron chi connectivity index (χ4n) is 2.58. The minimum absolute atomic E-state index is 0.0112. The van der Waals surface area contributed by atoms with E-state index in [1.165, 1.54) is 5.56 Å². The van der Waals surface area contributed by atoms with Gasteiger partial charge in [-0.05, 0) is 31.2 Å². The molecule has 0 saturated heterocycles. The number of hydrogen-bond donors (Lipinski definition) is 0. The molecule has 1 aromatic heterocycles. The van der Waals surface area contributed by atoms with Gasteiger partial charge in [0.25, 0.3) is 0 Å². The van der Waals surface area contributed by atoms with E-state index >= 15 is 0 Å². The van der Waals surface area contributed by atoms with Gasteiger partial charge in [-0.3, -0.25) is 9.36 Å². The second kappa shape index (κ2) is 4.12. The average molecular weight is 253 g/mol. The Morgan fingerprint density at radius 2 is 1.84 bits per heavy atom. The van der Waals surface area contributed by atoms with E-state index in [4.69, 9.17) is 4.74 Å². The molecule has 0 aliphatic rings. The van der Waals surface area contributed by atoms with Crippen LogP contribution in [0.4, 0.5) is 0 Å². The number of carbonyl (C=O) groups is 1. The quantitative estimate of drug-likeness (QED) is 0.661. The molecule has 96 valence electrons. The molecule has 1 heterocycles. The lowest BCUT2D eigenvalue weighted by Crippen LogP contribution is -2.04. The number of ether oxygens (including phenoxy) is 1. The summed E-state index contributed by atoms with van der Waals surface area (Å²) >= 11 is 0. The van der Waals surface area contributed by atoms with Crippen LogP contribution in [-0.2, 0) is 0 Å². The number of rotatable bonds is 1. The lowest BCUT2D eigenvalue weighted by Gasteiger charge is -2.03. The molecule has 0 saturated carbocycles. The number of benzene rings is 2. The lowest BCUT2D eigenvalue weighted by molar-refractivity contribution is 0.0946. The van der Waals surface area contributed by atoms with E-state index in [0.29, 0.717) is 0 Å². The first-order valence-electron chi connectivity index (χ1n) is 6.21. The van der Waals surface area contributed by atoms with Gasteiger partial charge in [0.2, 0.25) is 5.91 Å². The summed E-state index contributed by atoms with van der Waals surface area (Å²) in [6.45, 7) is 3.64. The van der Waals surface area contributed by atoms with Crippen molar-refractivity contribution in [2.24, 2.45) is 0 Å². The first kappa shape index (κ1) is 11.8. The lowest BCUT2D eigenvalue weighted by atomic mass is 10.1. The molecule has 3 heteroatoms. The first-order chi connectivity index (χ1) is 9.11. The van der Waals surface area contributed by atoms with Crippen LogP contribution in [0, 0.1) is 6.92 Å². The number of methoxy groups -OCH3 is 1. The average Bonchev–Trinajstić information content (AvgIpc) is 2.71. The van der Waals surface area contributed by atoms with Crippen molar-refractivity contribution in [2.75, 3.05) is 7.11 Å². The van der Waals surface area contributed by atoms with E-state index in [-0.39, 0.29) is 5.91 Å². The largest absolute Gasteiger partial charge is 0.497 e. The minimum Gasteiger partial charge on any atom is -0.497 e. The standard InChI is InChI=1S/C16H15NO2/c1-10-4-7-15-14(8-10)13-6-5-12(19-3)9-16(13)17(15)11(2)18/h4-9H,1-3H3. The van der Waals surface area contributed by atoms with Crippen molar-refractivity contribution in [3.63, 3.8) is 0 Å². The first-order valence-corrected chi connectivity index (χ1v) is 6.21. The summed E-state index contributed by atoms with van der Waals surface area (Å²) in [5.74, 6) is 0.770. The van der Waals surface area contributed by atoms with E-state index in [9.17, 15) is 4.79 Å². The summed E-state index contributed by atoms with van der Waals surface area (Å²) in [5.41, 5.74) is 3.03. The van der Waals surface area contributed by atoms with Gasteiger partial charge in [0.1, 0.15) is 5.75 Å². The predicted molar refractivity (Wildman–Crippen MR) is 77.0 cm³/mol. The summed E-state index contributed by atoms with van der Waals surface area (Å²) in [6.07, 6.45) is 0. The van der Waals surface area contributed by atoms with Gasteiger partial charge in [-0.15, -0.1) is 0 Å². The zero-order valence-corrected chi connectivity index (χ0v) is 11.2. The van der Waals surface area contributed by atoms with E-state index in [1.807, 2.05) is 30.3 Å². The Labute approximate surface area is 111 Å². The normalized spacial score (nSPS) is 11.1. The molecular formula is C16H15NO2. The zero-order valence-electron chi connectivity index (χ0n) is 11.2. The van der Waals surface area contributed by atoms with Gasteiger partial charge in [0.15, 0.2) is 0 Å². The van der Waals surface area contributed by atoms with Gasteiger partial charge in [-0.2, -0.15) is 0 Å². The molecule has 0 amide bonds. The second-order valence-corrected chi connectivity index (χ2v) is 4.76. The van der Waals surface area contributed by atoms with Crippen LogP contribution in [0.15, 0.2) is 36.4 Å². The van der Waals surface area contributed by atoms with Gasteiger partial charge in [-0.1, -0.05) is 11.6 Å². The zero-order chi connectivity index (χ0) is 13.6. The third-order valence-corrected chi connectivity index (χ3v) is 3.44. The Hall–Kier alpha value is -2.29. The monoisotopic (exact) mass is 253 g/mol. The molecule has 3 rings (SSSR count). The van der Waals surface area contributed by atoms with Crippen LogP contribution in [0.2, 0.25) is 0 Å². The molecule has 0 bridgehead atoms. The number of hydrogen-bond acceptors (Lipinski definition) is 2. The van der Waals surface area contributed by atoms with Crippen LogP contribution in [0.5, 0.6) is 5.75 Å². The highest BCUT2D eigenvalue weighted by atomic mass is 16.5. The molecule has 19 heavy (non-hydrogen) atoms. The van der Waals surface area contributed by atoms with Crippen LogP contribution in [-0.4, -0.2) is 17.6 Å². The Morgan fingerprint density at radius 1 is 1.05 bits per heavy atom. The molecule has 0 aliphatic carbocycles. The molecule has 3 aromatic rings. The molecule has 2 aromatic carbocycles. The molecule has 0 atom stereocenters. The summed E-state index contributed by atoms with van der Waals surface area (Å²) in [5, 5.41) is 2.18. The molecule has 0 radical (unpaired) electrons. The molecular weight excluding hydrogens is 238 g/mol. The summed E-state index contributed by atoms with van der Waals surface area (Å²) in [6, 6.07) is 12.0. The molecule has 0 unspecified atom stereocenters. The highest BCUT2D eigenvalue weighted by Crippen LogP contribution is 2.32. The second-order valence-electron chi connectivity index (χ2n) is 4.76. The Bertz CT molecular complexity index is 799. The van der Waals surface area contributed by atoms with Crippen molar-refractivity contribution in [2.45, 2.75) is 13.8 Å². The van der Waals surface area contributed by atoms with Gasteiger partial charge < -0.3 is 4.74 Å². The van der Waals surface area contributed by atoms with Gasteiger partial charge in [0.05, 0.1) is 18.1 Å². The maximum absolute atomic E-state index is 11.9. The molecule has 0 spiro atoms. The van der Waals surface area contributed by atoms with Crippen molar-refractivity contribution in [1.29, 1.82) is 0 Å². The van der Waals surface area contributed by atoms with Crippen molar-refractivity contribution < 1.29 is 9.53 Å². The van der Waals surface area contributed by atoms with Crippen molar-refractivity contribution in [3.05, 3.63) is 42.0 Å². The summed E-state index contributed by atoms with van der Waals surface area (Å²) in [7, 11) is 1.63. The van der Waals surface area contributed by atoms with E-state index in [2.05, 4.69) is 13.0 Å². The summed E-state index contributed by atoms with van der Waals surface area (Å²) in [4.78, 5) is 11.9. The fourth-order valence-corrected chi connectivity index (χ4v) is 2.58. The number of nitrogens with zero attached hydrogens (tertiary/aromatic N) is 1. The van der Waals surface area contributed by atoms with Crippen molar-refractivity contribution in [3.8, 4) is 5.75 Å². The molecule has 0 fully saturated rings. The Kier molecular flexibility index (Phi) is 2.56. The third-order valence-electron chi connectivity index (χ3n) is 3.44. The van der Waals surface area contributed by atoms with E-state index in [1.54, 1.807) is 18.6 Å². The van der Waals surface area contributed by atoms with Crippen molar-refractivity contribution in [1.82, 2.24) is 4.57 Å². The van der Waals surface area contributed by atoms with Gasteiger partial charge in [0, 0.05) is 23.8 Å². The minimum atomic E-state index is 0.0112.